The highest BCUT2D eigenvalue weighted by Crippen LogP contribution is 2.22. The normalized spacial score (nSPS) is 11.0. The van der Waals surface area contributed by atoms with Crippen molar-refractivity contribution < 1.29 is 9.84 Å². The first-order valence-corrected chi connectivity index (χ1v) is 6.78. The van der Waals surface area contributed by atoms with E-state index in [9.17, 15) is 5.11 Å². The summed E-state index contributed by atoms with van der Waals surface area (Å²) < 4.78 is 5.13. The van der Waals surface area contributed by atoms with Crippen LogP contribution in [0.4, 0.5) is 5.69 Å². The van der Waals surface area contributed by atoms with E-state index in [0.29, 0.717) is 11.3 Å². The largest absolute Gasteiger partial charge is 0.507 e. The summed E-state index contributed by atoms with van der Waals surface area (Å²) in [6.07, 6.45) is 3.28. The SMILES string of the molecule is COc1ccc(O)c(/C=N/Nc2cccc3cccnc23)c1. The minimum atomic E-state index is 0.141. The van der Waals surface area contributed by atoms with Crippen molar-refractivity contribution in [2.24, 2.45) is 5.10 Å². The molecule has 3 rings (SSSR count). The Morgan fingerprint density at radius 1 is 1.18 bits per heavy atom. The Hall–Kier alpha value is -3.08. The lowest BCUT2D eigenvalue weighted by atomic mass is 10.2. The molecule has 1 aromatic heterocycles. The van der Waals surface area contributed by atoms with Crippen LogP contribution >= 0.6 is 0 Å². The number of ether oxygens (including phenoxy) is 1. The number of hydrogen-bond donors (Lipinski definition) is 2. The van der Waals surface area contributed by atoms with Crippen molar-refractivity contribution in [2.45, 2.75) is 0 Å². The number of para-hydroxylation sites is 1. The molecule has 0 fully saturated rings. The molecular weight excluding hydrogens is 278 g/mol. The molecule has 0 aliphatic carbocycles. The minimum absolute atomic E-state index is 0.141. The zero-order valence-corrected chi connectivity index (χ0v) is 12.0. The van der Waals surface area contributed by atoms with Crippen LogP contribution < -0.4 is 10.2 Å². The fourth-order valence-electron chi connectivity index (χ4n) is 2.13. The van der Waals surface area contributed by atoms with E-state index >= 15 is 0 Å². The number of phenolic OH excluding ortho intramolecular Hbond substituents is 1. The van der Waals surface area contributed by atoms with Crippen LogP contribution in [0.1, 0.15) is 5.56 Å². The Morgan fingerprint density at radius 2 is 2.05 bits per heavy atom. The third-order valence-electron chi connectivity index (χ3n) is 3.26. The van der Waals surface area contributed by atoms with E-state index in [2.05, 4.69) is 15.5 Å². The molecule has 3 aromatic rings. The number of rotatable bonds is 4. The Bertz CT molecular complexity index is 826. The molecular formula is C17H15N3O2. The number of nitrogens with zero attached hydrogens (tertiary/aromatic N) is 2. The maximum Gasteiger partial charge on any atom is 0.124 e. The van der Waals surface area contributed by atoms with Crippen LogP contribution in [0.3, 0.4) is 0 Å². The van der Waals surface area contributed by atoms with Crippen molar-refractivity contribution in [1.29, 1.82) is 0 Å². The maximum absolute atomic E-state index is 9.81. The van der Waals surface area contributed by atoms with Gasteiger partial charge >= 0.3 is 0 Å². The second-order valence-electron chi connectivity index (χ2n) is 4.68. The molecule has 0 aliphatic heterocycles. The van der Waals surface area contributed by atoms with Gasteiger partial charge in [0.05, 0.1) is 24.5 Å². The van der Waals surface area contributed by atoms with Crippen LogP contribution in [-0.4, -0.2) is 23.4 Å². The van der Waals surface area contributed by atoms with Gasteiger partial charge in [-0.05, 0) is 30.3 Å². The molecule has 1 heterocycles. The van der Waals surface area contributed by atoms with Gasteiger partial charge in [0.25, 0.3) is 0 Å². The minimum Gasteiger partial charge on any atom is -0.507 e. The summed E-state index contributed by atoms with van der Waals surface area (Å²) in [7, 11) is 1.58. The highest BCUT2D eigenvalue weighted by molar-refractivity contribution is 5.91. The average molecular weight is 293 g/mol. The number of aromatic nitrogens is 1. The highest BCUT2D eigenvalue weighted by Gasteiger charge is 2.02. The van der Waals surface area contributed by atoms with Gasteiger partial charge in [-0.1, -0.05) is 18.2 Å². The lowest BCUT2D eigenvalue weighted by Gasteiger charge is -2.05. The van der Waals surface area contributed by atoms with Crippen molar-refractivity contribution in [3.05, 3.63) is 60.3 Å². The second kappa shape index (κ2) is 6.13. The molecule has 0 spiro atoms. The van der Waals surface area contributed by atoms with Gasteiger partial charge in [0.2, 0.25) is 0 Å². The molecule has 22 heavy (non-hydrogen) atoms. The number of fused-ring (bicyclic) bond motifs is 1. The number of hydrogen-bond acceptors (Lipinski definition) is 5. The first-order chi connectivity index (χ1) is 10.8. The van der Waals surface area contributed by atoms with Crippen LogP contribution in [-0.2, 0) is 0 Å². The number of benzene rings is 2. The molecule has 0 bridgehead atoms. The van der Waals surface area contributed by atoms with E-state index in [1.807, 2.05) is 30.3 Å². The summed E-state index contributed by atoms with van der Waals surface area (Å²) in [6, 6.07) is 14.7. The van der Waals surface area contributed by atoms with Gasteiger partial charge in [-0.2, -0.15) is 5.10 Å². The third-order valence-corrected chi connectivity index (χ3v) is 3.26. The molecule has 2 N–H and O–H groups in total. The van der Waals surface area contributed by atoms with Crippen molar-refractivity contribution in [3.63, 3.8) is 0 Å². The van der Waals surface area contributed by atoms with Gasteiger partial charge in [0, 0.05) is 17.1 Å². The van der Waals surface area contributed by atoms with Crippen LogP contribution in [0.5, 0.6) is 11.5 Å². The summed E-state index contributed by atoms with van der Waals surface area (Å²) in [5.74, 6) is 0.800. The van der Waals surface area contributed by atoms with Crippen molar-refractivity contribution >= 4 is 22.8 Å². The topological polar surface area (TPSA) is 66.7 Å². The van der Waals surface area contributed by atoms with Crippen molar-refractivity contribution in [3.8, 4) is 11.5 Å². The Balaban J connectivity index is 1.85. The molecule has 110 valence electrons. The summed E-state index contributed by atoms with van der Waals surface area (Å²) >= 11 is 0. The molecule has 5 nitrogen and oxygen atoms in total. The zero-order chi connectivity index (χ0) is 15.4. The van der Waals surface area contributed by atoms with E-state index in [1.54, 1.807) is 37.7 Å². The first-order valence-electron chi connectivity index (χ1n) is 6.78. The number of pyridine rings is 1. The first kappa shape index (κ1) is 13.9. The number of nitrogens with one attached hydrogen (secondary N) is 1. The summed E-state index contributed by atoms with van der Waals surface area (Å²) in [6.45, 7) is 0. The molecule has 0 radical (unpaired) electrons. The van der Waals surface area contributed by atoms with E-state index in [1.165, 1.54) is 0 Å². The standard InChI is InChI=1S/C17H15N3O2/c1-22-14-7-8-16(21)13(10-14)11-19-20-15-6-2-4-12-5-3-9-18-17(12)15/h2-11,20-21H,1H3/b19-11+. The maximum atomic E-state index is 9.81. The molecule has 0 amide bonds. The molecule has 0 atom stereocenters. The molecule has 5 heteroatoms. The number of aromatic hydroxyl groups is 1. The second-order valence-corrected chi connectivity index (χ2v) is 4.68. The van der Waals surface area contributed by atoms with E-state index < -0.39 is 0 Å². The summed E-state index contributed by atoms with van der Waals surface area (Å²) in [4.78, 5) is 4.35. The molecule has 0 unspecified atom stereocenters. The van der Waals surface area contributed by atoms with Gasteiger partial charge in [-0.3, -0.25) is 10.4 Å². The fourth-order valence-corrected chi connectivity index (χ4v) is 2.13. The van der Waals surface area contributed by atoms with Gasteiger partial charge < -0.3 is 9.84 Å². The van der Waals surface area contributed by atoms with Gasteiger partial charge in [-0.15, -0.1) is 0 Å². The monoisotopic (exact) mass is 293 g/mol. The van der Waals surface area contributed by atoms with Gasteiger partial charge in [0.15, 0.2) is 0 Å². The van der Waals surface area contributed by atoms with E-state index in [4.69, 9.17) is 4.74 Å². The Morgan fingerprint density at radius 3 is 2.91 bits per heavy atom. The number of phenols is 1. The number of hydrazone groups is 1. The zero-order valence-electron chi connectivity index (χ0n) is 12.0. The molecule has 0 saturated heterocycles. The number of anilines is 1. The van der Waals surface area contributed by atoms with Crippen LogP contribution in [0.2, 0.25) is 0 Å². The summed E-state index contributed by atoms with van der Waals surface area (Å²) in [5, 5.41) is 15.0. The van der Waals surface area contributed by atoms with E-state index in [-0.39, 0.29) is 5.75 Å². The Kier molecular flexibility index (Phi) is 3.87. The van der Waals surface area contributed by atoms with Crippen molar-refractivity contribution in [1.82, 2.24) is 4.98 Å². The predicted molar refractivity (Wildman–Crippen MR) is 87.6 cm³/mol. The smallest absolute Gasteiger partial charge is 0.124 e. The molecule has 0 aliphatic rings. The van der Waals surface area contributed by atoms with Crippen LogP contribution in [0, 0.1) is 0 Å². The molecule has 0 saturated carbocycles. The van der Waals surface area contributed by atoms with Gasteiger partial charge in [0.1, 0.15) is 11.5 Å². The molecule has 2 aromatic carbocycles. The Labute approximate surface area is 127 Å². The van der Waals surface area contributed by atoms with Crippen LogP contribution in [0.25, 0.3) is 10.9 Å². The number of methoxy groups -OCH3 is 1. The quantitative estimate of drug-likeness (QED) is 0.571. The van der Waals surface area contributed by atoms with Crippen LogP contribution in [0.15, 0.2) is 59.8 Å². The predicted octanol–water partition coefficient (Wildman–Crippen LogP) is 3.40. The third kappa shape index (κ3) is 2.83. The average Bonchev–Trinajstić information content (AvgIpc) is 2.57. The van der Waals surface area contributed by atoms with Crippen molar-refractivity contribution in [2.75, 3.05) is 12.5 Å². The lowest BCUT2D eigenvalue weighted by Crippen LogP contribution is -1.94. The highest BCUT2D eigenvalue weighted by atomic mass is 16.5. The fraction of sp³-hybridized carbons (Fsp3) is 0.0588. The van der Waals surface area contributed by atoms with Gasteiger partial charge in [-0.25, -0.2) is 0 Å². The lowest BCUT2D eigenvalue weighted by molar-refractivity contribution is 0.412. The summed E-state index contributed by atoms with van der Waals surface area (Å²) in [5.41, 5.74) is 5.17. The van der Waals surface area contributed by atoms with E-state index in [0.717, 1.165) is 16.6 Å².